The van der Waals surface area contributed by atoms with Crippen LogP contribution in [-0.4, -0.2) is 23.0 Å². The van der Waals surface area contributed by atoms with Gasteiger partial charge in [-0.05, 0) is 60.7 Å². The molecular formula is C22H17BrN4O2. The molecule has 1 amide bonds. The molecule has 1 aromatic heterocycles. The summed E-state index contributed by atoms with van der Waals surface area (Å²) in [6.45, 7) is 0. The zero-order valence-electron chi connectivity index (χ0n) is 15.5. The van der Waals surface area contributed by atoms with Crippen LogP contribution in [0.3, 0.4) is 0 Å². The maximum absolute atomic E-state index is 12.6. The number of nitrogens with zero attached hydrogens (tertiary/aromatic N) is 2. The van der Waals surface area contributed by atoms with Gasteiger partial charge < -0.3 is 15.4 Å². The first-order chi connectivity index (χ1) is 14.1. The predicted molar refractivity (Wildman–Crippen MR) is 118 cm³/mol. The second-order valence-electron chi connectivity index (χ2n) is 6.27. The Balaban J connectivity index is 1.61. The lowest BCUT2D eigenvalue weighted by Gasteiger charge is -2.11. The summed E-state index contributed by atoms with van der Waals surface area (Å²) in [7, 11) is 1.59. The Morgan fingerprint density at radius 1 is 0.966 bits per heavy atom. The molecule has 144 valence electrons. The van der Waals surface area contributed by atoms with Crippen molar-refractivity contribution in [3.05, 3.63) is 83.1 Å². The summed E-state index contributed by atoms with van der Waals surface area (Å²) < 4.78 is 6.10. The maximum atomic E-state index is 12.6. The highest BCUT2D eigenvalue weighted by atomic mass is 79.9. The van der Waals surface area contributed by atoms with E-state index < -0.39 is 0 Å². The van der Waals surface area contributed by atoms with Crippen molar-refractivity contribution in [3.63, 3.8) is 0 Å². The normalized spacial score (nSPS) is 10.6. The van der Waals surface area contributed by atoms with Crippen LogP contribution in [0.15, 0.2) is 77.5 Å². The number of anilines is 3. The number of carbonyl (C=O) groups excluding carboxylic acids is 1. The summed E-state index contributed by atoms with van der Waals surface area (Å²) in [6, 6.07) is 20.3. The molecular weight excluding hydrogens is 432 g/mol. The van der Waals surface area contributed by atoms with Crippen molar-refractivity contribution in [3.8, 4) is 5.75 Å². The third-order valence-electron chi connectivity index (χ3n) is 4.33. The molecule has 0 saturated carbocycles. The van der Waals surface area contributed by atoms with Gasteiger partial charge in [0.05, 0.1) is 12.6 Å². The molecule has 0 aliphatic rings. The zero-order valence-corrected chi connectivity index (χ0v) is 17.1. The minimum absolute atomic E-state index is 0.203. The second-order valence-corrected chi connectivity index (χ2v) is 7.19. The number of nitrogens with one attached hydrogen (secondary N) is 2. The molecule has 0 bridgehead atoms. The number of benzene rings is 3. The molecule has 0 radical (unpaired) electrons. The third kappa shape index (κ3) is 4.35. The van der Waals surface area contributed by atoms with Crippen molar-refractivity contribution in [2.24, 2.45) is 0 Å². The SMILES string of the molecule is COc1ccc(C(=O)Nc2ccc3ncnc(Nc4cccc(Br)c4)c3c2)cc1. The zero-order chi connectivity index (χ0) is 20.2. The molecule has 6 nitrogen and oxygen atoms in total. The van der Waals surface area contributed by atoms with Crippen LogP contribution in [0.5, 0.6) is 5.75 Å². The van der Waals surface area contributed by atoms with E-state index in [4.69, 9.17) is 4.74 Å². The van der Waals surface area contributed by atoms with E-state index in [0.29, 0.717) is 22.8 Å². The highest BCUT2D eigenvalue weighted by Gasteiger charge is 2.10. The largest absolute Gasteiger partial charge is 0.497 e. The molecule has 0 saturated heterocycles. The quantitative estimate of drug-likeness (QED) is 0.427. The van der Waals surface area contributed by atoms with Crippen LogP contribution in [0.1, 0.15) is 10.4 Å². The van der Waals surface area contributed by atoms with Crippen LogP contribution < -0.4 is 15.4 Å². The molecule has 1 heterocycles. The van der Waals surface area contributed by atoms with E-state index in [-0.39, 0.29) is 5.91 Å². The van der Waals surface area contributed by atoms with Crippen molar-refractivity contribution in [2.75, 3.05) is 17.7 Å². The van der Waals surface area contributed by atoms with E-state index in [0.717, 1.165) is 21.1 Å². The van der Waals surface area contributed by atoms with Gasteiger partial charge in [-0.25, -0.2) is 9.97 Å². The van der Waals surface area contributed by atoms with Crippen LogP contribution in [-0.2, 0) is 0 Å². The topological polar surface area (TPSA) is 76.1 Å². The maximum Gasteiger partial charge on any atom is 0.255 e. The van der Waals surface area contributed by atoms with Gasteiger partial charge in [0.25, 0.3) is 5.91 Å². The lowest BCUT2D eigenvalue weighted by Crippen LogP contribution is -2.11. The van der Waals surface area contributed by atoms with Gasteiger partial charge in [0.2, 0.25) is 0 Å². The monoisotopic (exact) mass is 448 g/mol. The first kappa shape index (κ1) is 18.9. The molecule has 3 aromatic carbocycles. The highest BCUT2D eigenvalue weighted by Crippen LogP contribution is 2.27. The summed E-state index contributed by atoms with van der Waals surface area (Å²) in [5.41, 5.74) is 2.88. The van der Waals surface area contributed by atoms with Crippen molar-refractivity contribution in [1.29, 1.82) is 0 Å². The van der Waals surface area contributed by atoms with E-state index in [1.165, 1.54) is 6.33 Å². The van der Waals surface area contributed by atoms with Gasteiger partial charge in [0.1, 0.15) is 17.9 Å². The lowest BCUT2D eigenvalue weighted by molar-refractivity contribution is 0.102. The molecule has 0 spiro atoms. The number of hydrogen-bond donors (Lipinski definition) is 2. The number of rotatable bonds is 5. The lowest BCUT2D eigenvalue weighted by atomic mass is 10.1. The number of hydrogen-bond acceptors (Lipinski definition) is 5. The van der Waals surface area contributed by atoms with E-state index in [1.807, 2.05) is 42.5 Å². The minimum atomic E-state index is -0.203. The Bertz CT molecular complexity index is 1180. The smallest absolute Gasteiger partial charge is 0.255 e. The first-order valence-electron chi connectivity index (χ1n) is 8.85. The minimum Gasteiger partial charge on any atom is -0.497 e. The number of carbonyl (C=O) groups is 1. The fourth-order valence-corrected chi connectivity index (χ4v) is 3.28. The van der Waals surface area contributed by atoms with Crippen molar-refractivity contribution >= 4 is 49.9 Å². The van der Waals surface area contributed by atoms with Crippen molar-refractivity contribution in [2.45, 2.75) is 0 Å². The standard InChI is InChI=1S/C22H17BrN4O2/c1-29-18-8-5-14(6-9-18)22(28)27-17-7-10-20-19(12-17)21(25-13-24-20)26-16-4-2-3-15(23)11-16/h2-13H,1H3,(H,27,28)(H,24,25,26). The van der Waals surface area contributed by atoms with Crippen LogP contribution in [0.2, 0.25) is 0 Å². The van der Waals surface area contributed by atoms with Crippen LogP contribution in [0.4, 0.5) is 17.2 Å². The number of halogens is 1. The fourth-order valence-electron chi connectivity index (χ4n) is 2.88. The third-order valence-corrected chi connectivity index (χ3v) is 4.83. The Morgan fingerprint density at radius 2 is 1.79 bits per heavy atom. The second kappa shape index (κ2) is 8.28. The molecule has 0 aliphatic heterocycles. The molecule has 0 atom stereocenters. The fraction of sp³-hybridized carbons (Fsp3) is 0.0455. The van der Waals surface area contributed by atoms with Gasteiger partial charge in [-0.1, -0.05) is 22.0 Å². The number of fused-ring (bicyclic) bond motifs is 1. The number of aromatic nitrogens is 2. The molecule has 29 heavy (non-hydrogen) atoms. The van der Waals surface area contributed by atoms with E-state index >= 15 is 0 Å². The van der Waals surface area contributed by atoms with Gasteiger partial charge >= 0.3 is 0 Å². The molecule has 7 heteroatoms. The number of amides is 1. The summed E-state index contributed by atoms with van der Waals surface area (Å²) in [6.07, 6.45) is 1.51. The summed E-state index contributed by atoms with van der Waals surface area (Å²) in [5.74, 6) is 1.16. The Hall–Kier alpha value is -3.45. The van der Waals surface area contributed by atoms with Crippen molar-refractivity contribution < 1.29 is 9.53 Å². The number of methoxy groups -OCH3 is 1. The Morgan fingerprint density at radius 3 is 2.55 bits per heavy atom. The van der Waals surface area contributed by atoms with Crippen LogP contribution in [0, 0.1) is 0 Å². The van der Waals surface area contributed by atoms with Gasteiger partial charge in [0.15, 0.2) is 0 Å². The van der Waals surface area contributed by atoms with Gasteiger partial charge in [-0.15, -0.1) is 0 Å². The van der Waals surface area contributed by atoms with E-state index in [9.17, 15) is 4.79 Å². The van der Waals surface area contributed by atoms with Gasteiger partial charge in [-0.2, -0.15) is 0 Å². The molecule has 0 unspecified atom stereocenters. The van der Waals surface area contributed by atoms with Crippen LogP contribution in [0.25, 0.3) is 10.9 Å². The van der Waals surface area contributed by atoms with E-state index in [1.54, 1.807) is 31.4 Å². The van der Waals surface area contributed by atoms with E-state index in [2.05, 4.69) is 36.5 Å². The molecule has 4 rings (SSSR count). The Kier molecular flexibility index (Phi) is 5.39. The average Bonchev–Trinajstić information content (AvgIpc) is 2.74. The molecule has 0 fully saturated rings. The first-order valence-corrected chi connectivity index (χ1v) is 9.64. The van der Waals surface area contributed by atoms with Gasteiger partial charge in [-0.3, -0.25) is 4.79 Å². The summed E-state index contributed by atoms with van der Waals surface area (Å²) in [4.78, 5) is 21.2. The summed E-state index contributed by atoms with van der Waals surface area (Å²) in [5, 5.41) is 7.03. The van der Waals surface area contributed by atoms with Gasteiger partial charge in [0, 0.05) is 26.8 Å². The summed E-state index contributed by atoms with van der Waals surface area (Å²) >= 11 is 3.47. The van der Waals surface area contributed by atoms with Crippen LogP contribution >= 0.6 is 15.9 Å². The predicted octanol–water partition coefficient (Wildman–Crippen LogP) is 5.40. The molecule has 4 aromatic rings. The molecule has 0 aliphatic carbocycles. The highest BCUT2D eigenvalue weighted by molar-refractivity contribution is 9.10. The molecule has 2 N–H and O–H groups in total. The van der Waals surface area contributed by atoms with Crippen molar-refractivity contribution in [1.82, 2.24) is 9.97 Å². The Labute approximate surface area is 176 Å². The average molecular weight is 449 g/mol. The number of ether oxygens (including phenoxy) is 1.